The summed E-state index contributed by atoms with van der Waals surface area (Å²) in [5, 5.41) is 0. The molecule has 0 atom stereocenters. The van der Waals surface area contributed by atoms with Gasteiger partial charge < -0.3 is 9.88 Å². The van der Waals surface area contributed by atoms with Crippen LogP contribution in [0.25, 0.3) is 0 Å². The maximum Gasteiger partial charge on any atom is 0.166 e. The fraction of sp³-hybridized carbons (Fsp3) is 0.500. The van der Waals surface area contributed by atoms with Crippen LogP contribution in [0.4, 0.5) is 0 Å². The number of H-pyrrole nitrogens is 1. The van der Waals surface area contributed by atoms with Gasteiger partial charge in [-0.2, -0.15) is 0 Å². The van der Waals surface area contributed by atoms with Gasteiger partial charge in [0.25, 0.3) is 0 Å². The minimum absolute atomic E-state index is 0.108. The number of likely N-dealkylation sites (tertiary alicyclic amines) is 1. The van der Waals surface area contributed by atoms with Gasteiger partial charge in [0.05, 0.1) is 5.69 Å². The van der Waals surface area contributed by atoms with Crippen LogP contribution in [0.1, 0.15) is 40.1 Å². The van der Waals surface area contributed by atoms with Gasteiger partial charge in [-0.25, -0.2) is 0 Å². The highest BCUT2D eigenvalue weighted by atomic mass is 16.1. The minimum Gasteiger partial charge on any atom is -0.358 e. The van der Waals surface area contributed by atoms with Crippen LogP contribution in [-0.4, -0.2) is 41.6 Å². The summed E-state index contributed by atoms with van der Waals surface area (Å²) in [6.45, 7) is 3.06. The molecule has 0 saturated carbocycles. The minimum atomic E-state index is 0.108. The predicted octanol–water partition coefficient (Wildman–Crippen LogP) is 1.50. The molecule has 1 aliphatic rings. The number of hydrogen-bond acceptors (Lipinski definition) is 3. The number of Topliss-reactive ketones (excluding diaryl/α,β-unsaturated/α-hetero) is 1. The zero-order chi connectivity index (χ0) is 11.4. The lowest BCUT2D eigenvalue weighted by Crippen LogP contribution is -2.22. The molecule has 2 heterocycles. The number of hydrogen-bond donors (Lipinski definition) is 1. The smallest absolute Gasteiger partial charge is 0.166 e. The van der Waals surface area contributed by atoms with Crippen molar-refractivity contribution in [1.29, 1.82) is 0 Å². The van der Waals surface area contributed by atoms with Crippen LogP contribution in [0.3, 0.4) is 0 Å². The summed E-state index contributed by atoms with van der Waals surface area (Å²) in [6.07, 6.45) is 5.35. The molecule has 0 unspecified atom stereocenters. The summed E-state index contributed by atoms with van der Waals surface area (Å²) >= 11 is 0. The molecule has 4 heteroatoms. The molecular weight excluding hydrogens is 204 g/mol. The van der Waals surface area contributed by atoms with E-state index < -0.39 is 0 Å². The Labute approximate surface area is 94.6 Å². The normalized spacial score (nSPS) is 16.5. The topological polar surface area (TPSA) is 53.2 Å². The number of rotatable bonds is 5. The van der Waals surface area contributed by atoms with Gasteiger partial charge in [0, 0.05) is 24.7 Å². The molecule has 0 aliphatic carbocycles. The van der Waals surface area contributed by atoms with Gasteiger partial charge in [-0.05, 0) is 32.0 Å². The molecule has 2 rings (SSSR count). The number of ketones is 1. The second-order valence-electron chi connectivity index (χ2n) is 4.18. The van der Waals surface area contributed by atoms with Crippen LogP contribution in [-0.2, 0) is 0 Å². The first-order valence-electron chi connectivity index (χ1n) is 5.69. The first-order valence-corrected chi connectivity index (χ1v) is 5.69. The average Bonchev–Trinajstić information content (AvgIpc) is 2.96. The molecule has 0 aromatic carbocycles. The van der Waals surface area contributed by atoms with Crippen LogP contribution in [0, 0.1) is 0 Å². The molecule has 0 radical (unpaired) electrons. The lowest BCUT2D eigenvalue weighted by molar-refractivity contribution is 0.0969. The molecule has 1 aromatic heterocycles. The first kappa shape index (κ1) is 11.1. The van der Waals surface area contributed by atoms with E-state index in [4.69, 9.17) is 0 Å². The molecule has 1 fully saturated rings. The van der Waals surface area contributed by atoms with E-state index in [2.05, 4.69) is 9.88 Å². The molecule has 0 bridgehead atoms. The number of nitrogens with zero attached hydrogens (tertiary/aromatic N) is 1. The van der Waals surface area contributed by atoms with Crippen molar-refractivity contribution in [2.45, 2.75) is 19.3 Å². The second-order valence-corrected chi connectivity index (χ2v) is 4.18. The zero-order valence-electron chi connectivity index (χ0n) is 9.24. The molecule has 1 saturated heterocycles. The van der Waals surface area contributed by atoms with E-state index in [9.17, 15) is 9.59 Å². The van der Waals surface area contributed by atoms with Gasteiger partial charge in [-0.15, -0.1) is 0 Å². The van der Waals surface area contributed by atoms with Crippen LogP contribution < -0.4 is 0 Å². The maximum atomic E-state index is 11.8. The van der Waals surface area contributed by atoms with Crippen molar-refractivity contribution in [1.82, 2.24) is 9.88 Å². The molecule has 1 N–H and O–H groups in total. The number of aldehydes is 1. The number of carbonyl (C=O) groups is 2. The van der Waals surface area contributed by atoms with E-state index in [-0.39, 0.29) is 5.78 Å². The number of aromatic amines is 1. The first-order chi connectivity index (χ1) is 7.79. The fourth-order valence-corrected chi connectivity index (χ4v) is 2.05. The summed E-state index contributed by atoms with van der Waals surface area (Å²) in [6, 6.07) is 1.61. The largest absolute Gasteiger partial charge is 0.358 e. The Kier molecular flexibility index (Phi) is 3.51. The third-order valence-corrected chi connectivity index (χ3v) is 3.01. The third kappa shape index (κ3) is 2.58. The third-order valence-electron chi connectivity index (χ3n) is 3.01. The molecule has 0 spiro atoms. The van der Waals surface area contributed by atoms with Crippen molar-refractivity contribution in [3.63, 3.8) is 0 Å². The quantitative estimate of drug-likeness (QED) is 0.604. The molecular formula is C12H16N2O2. The second kappa shape index (κ2) is 5.07. The van der Waals surface area contributed by atoms with E-state index in [1.54, 1.807) is 12.3 Å². The Balaban J connectivity index is 1.84. The fourth-order valence-electron chi connectivity index (χ4n) is 2.05. The van der Waals surface area contributed by atoms with Gasteiger partial charge in [-0.1, -0.05) is 0 Å². The molecule has 4 nitrogen and oxygen atoms in total. The lowest BCUT2D eigenvalue weighted by Gasteiger charge is -2.12. The van der Waals surface area contributed by atoms with Crippen molar-refractivity contribution < 1.29 is 9.59 Å². The Morgan fingerprint density at radius 2 is 2.19 bits per heavy atom. The number of carbonyl (C=O) groups excluding carboxylic acids is 2. The van der Waals surface area contributed by atoms with Crippen molar-refractivity contribution in [3.8, 4) is 0 Å². The maximum absolute atomic E-state index is 11.8. The van der Waals surface area contributed by atoms with Gasteiger partial charge in [0.2, 0.25) is 0 Å². The SMILES string of the molecule is O=Cc1cc(C(=O)CCN2CCCC2)c[nH]1. The Morgan fingerprint density at radius 3 is 2.81 bits per heavy atom. The van der Waals surface area contributed by atoms with E-state index in [1.807, 2.05) is 0 Å². The highest BCUT2D eigenvalue weighted by Gasteiger charge is 2.14. The number of aromatic nitrogens is 1. The van der Waals surface area contributed by atoms with Crippen molar-refractivity contribution in [2.24, 2.45) is 0 Å². The highest BCUT2D eigenvalue weighted by Crippen LogP contribution is 2.10. The van der Waals surface area contributed by atoms with Gasteiger partial charge in [0.1, 0.15) is 0 Å². The number of nitrogens with one attached hydrogen (secondary N) is 1. The Bertz CT molecular complexity index is 378. The summed E-state index contributed by atoms with van der Waals surface area (Å²) in [5.74, 6) is 0.108. The molecule has 86 valence electrons. The van der Waals surface area contributed by atoms with E-state index >= 15 is 0 Å². The predicted molar refractivity (Wildman–Crippen MR) is 60.8 cm³/mol. The van der Waals surface area contributed by atoms with Gasteiger partial charge >= 0.3 is 0 Å². The van der Waals surface area contributed by atoms with Gasteiger partial charge in [0.15, 0.2) is 12.1 Å². The molecule has 0 amide bonds. The summed E-state index contributed by atoms with van der Waals surface area (Å²) < 4.78 is 0. The van der Waals surface area contributed by atoms with Crippen LogP contribution >= 0.6 is 0 Å². The van der Waals surface area contributed by atoms with E-state index in [1.165, 1.54) is 12.8 Å². The molecule has 16 heavy (non-hydrogen) atoms. The van der Waals surface area contributed by atoms with E-state index in [0.717, 1.165) is 25.9 Å². The standard InChI is InChI=1S/C12H16N2O2/c15-9-11-7-10(8-13-11)12(16)3-6-14-4-1-2-5-14/h7-9,13H,1-6H2. The van der Waals surface area contributed by atoms with Crippen molar-refractivity contribution in [3.05, 3.63) is 23.5 Å². The zero-order valence-corrected chi connectivity index (χ0v) is 9.24. The Morgan fingerprint density at radius 1 is 1.44 bits per heavy atom. The highest BCUT2D eigenvalue weighted by molar-refractivity contribution is 5.97. The summed E-state index contributed by atoms with van der Waals surface area (Å²) in [5.41, 5.74) is 1.07. The summed E-state index contributed by atoms with van der Waals surface area (Å²) in [4.78, 5) is 27.3. The van der Waals surface area contributed by atoms with Crippen LogP contribution in [0.2, 0.25) is 0 Å². The molecule has 1 aromatic rings. The van der Waals surface area contributed by atoms with Crippen LogP contribution in [0.5, 0.6) is 0 Å². The van der Waals surface area contributed by atoms with Gasteiger partial charge in [-0.3, -0.25) is 9.59 Å². The van der Waals surface area contributed by atoms with E-state index in [0.29, 0.717) is 17.7 Å². The average molecular weight is 220 g/mol. The summed E-state index contributed by atoms with van der Waals surface area (Å²) in [7, 11) is 0. The molecule has 1 aliphatic heterocycles. The monoisotopic (exact) mass is 220 g/mol. The van der Waals surface area contributed by atoms with Crippen LogP contribution in [0.15, 0.2) is 12.3 Å². The van der Waals surface area contributed by atoms with Crippen molar-refractivity contribution >= 4 is 12.1 Å². The Hall–Kier alpha value is -1.42. The van der Waals surface area contributed by atoms with Crippen molar-refractivity contribution in [2.75, 3.05) is 19.6 Å². The lowest BCUT2D eigenvalue weighted by atomic mass is 10.1.